The van der Waals surface area contributed by atoms with E-state index in [9.17, 15) is 4.79 Å². The average Bonchev–Trinajstić information content (AvgIpc) is 2.62. The number of para-hydroxylation sites is 1. The first-order valence-corrected chi connectivity index (χ1v) is 8.90. The number of carbonyl (C=O) groups is 1. The van der Waals surface area contributed by atoms with E-state index in [0.717, 1.165) is 42.2 Å². The molecule has 0 bridgehead atoms. The van der Waals surface area contributed by atoms with Crippen LogP contribution >= 0.6 is 0 Å². The number of anilines is 1. The molecule has 1 N–H and O–H groups in total. The van der Waals surface area contributed by atoms with E-state index in [2.05, 4.69) is 12.2 Å². The lowest BCUT2D eigenvalue weighted by atomic mass is 10.2. The molecule has 4 heteroatoms. The first-order valence-electron chi connectivity index (χ1n) is 8.90. The second-order valence-corrected chi connectivity index (χ2v) is 5.99. The predicted octanol–water partition coefficient (Wildman–Crippen LogP) is 4.97. The van der Waals surface area contributed by atoms with E-state index < -0.39 is 0 Å². The van der Waals surface area contributed by atoms with Gasteiger partial charge in [0.1, 0.15) is 11.5 Å². The van der Waals surface area contributed by atoms with Crippen LogP contribution < -0.4 is 14.8 Å². The largest absolute Gasteiger partial charge is 0.494 e. The van der Waals surface area contributed by atoms with Crippen molar-refractivity contribution in [3.8, 4) is 11.5 Å². The third kappa shape index (κ3) is 6.87. The number of amides is 1. The molecule has 0 aliphatic heterocycles. The number of unbranched alkanes of at least 4 members (excludes halogenated alkanes) is 1. The Hall–Kier alpha value is -2.49. The number of aryl methyl sites for hydroxylation is 1. The number of nitrogens with one attached hydrogen (secondary N) is 1. The highest BCUT2D eigenvalue weighted by atomic mass is 16.5. The Bertz CT molecular complexity index is 652. The van der Waals surface area contributed by atoms with Gasteiger partial charge in [0.2, 0.25) is 5.91 Å². The van der Waals surface area contributed by atoms with Crippen molar-refractivity contribution in [1.29, 1.82) is 0 Å². The molecule has 2 rings (SSSR count). The molecule has 0 heterocycles. The van der Waals surface area contributed by atoms with E-state index in [0.29, 0.717) is 19.4 Å². The molecule has 4 nitrogen and oxygen atoms in total. The summed E-state index contributed by atoms with van der Waals surface area (Å²) < 4.78 is 11.3. The van der Waals surface area contributed by atoms with Gasteiger partial charge in [0, 0.05) is 12.1 Å². The highest BCUT2D eigenvalue weighted by Gasteiger charge is 2.04. The minimum Gasteiger partial charge on any atom is -0.494 e. The number of benzene rings is 2. The van der Waals surface area contributed by atoms with Crippen LogP contribution in [-0.4, -0.2) is 19.1 Å². The van der Waals surface area contributed by atoms with Crippen LogP contribution in [-0.2, 0) is 4.79 Å². The van der Waals surface area contributed by atoms with Gasteiger partial charge < -0.3 is 14.8 Å². The van der Waals surface area contributed by atoms with Crippen LogP contribution in [0, 0.1) is 6.92 Å². The molecule has 0 aromatic heterocycles. The third-order valence-corrected chi connectivity index (χ3v) is 3.80. The van der Waals surface area contributed by atoms with Crippen LogP contribution in [0.25, 0.3) is 0 Å². The van der Waals surface area contributed by atoms with Crippen LogP contribution in [0.1, 0.15) is 38.2 Å². The highest BCUT2D eigenvalue weighted by molar-refractivity contribution is 5.90. The topological polar surface area (TPSA) is 47.6 Å². The van der Waals surface area contributed by atoms with E-state index in [1.54, 1.807) is 0 Å². The summed E-state index contributed by atoms with van der Waals surface area (Å²) in [6.45, 7) is 5.40. The Balaban J connectivity index is 1.67. The van der Waals surface area contributed by atoms with Gasteiger partial charge in [0.05, 0.1) is 13.2 Å². The number of hydrogen-bond acceptors (Lipinski definition) is 3. The summed E-state index contributed by atoms with van der Waals surface area (Å²) in [4.78, 5) is 12.0. The first-order chi connectivity index (χ1) is 12.2. The minimum absolute atomic E-state index is 0.00645. The molecule has 0 saturated carbocycles. The molecule has 0 spiro atoms. The molecule has 0 radical (unpaired) electrons. The van der Waals surface area contributed by atoms with Crippen molar-refractivity contribution in [2.75, 3.05) is 18.5 Å². The minimum atomic E-state index is -0.00645. The summed E-state index contributed by atoms with van der Waals surface area (Å²) in [5, 5.41) is 2.90. The van der Waals surface area contributed by atoms with E-state index in [1.807, 2.05) is 55.5 Å². The summed E-state index contributed by atoms with van der Waals surface area (Å²) in [5.41, 5.74) is 1.89. The van der Waals surface area contributed by atoms with Crippen LogP contribution in [0.3, 0.4) is 0 Å². The van der Waals surface area contributed by atoms with Gasteiger partial charge >= 0.3 is 0 Å². The number of carbonyl (C=O) groups excluding carboxylic acids is 1. The first kappa shape index (κ1) is 18.8. The SMILES string of the molecule is CCCCOc1ccc(NC(=O)CCCOc2ccccc2C)cc1. The molecule has 2 aromatic rings. The maximum atomic E-state index is 12.0. The normalized spacial score (nSPS) is 10.3. The van der Waals surface area contributed by atoms with Gasteiger partial charge in [-0.3, -0.25) is 4.79 Å². The highest BCUT2D eigenvalue weighted by Crippen LogP contribution is 2.18. The van der Waals surface area contributed by atoms with Crippen LogP contribution in [0.15, 0.2) is 48.5 Å². The second kappa shape index (κ2) is 10.4. The van der Waals surface area contributed by atoms with Crippen LogP contribution in [0.4, 0.5) is 5.69 Å². The van der Waals surface area contributed by atoms with Gasteiger partial charge in [-0.2, -0.15) is 0 Å². The second-order valence-electron chi connectivity index (χ2n) is 5.99. The summed E-state index contributed by atoms with van der Waals surface area (Å²) in [6, 6.07) is 15.4. The monoisotopic (exact) mass is 341 g/mol. The zero-order valence-electron chi connectivity index (χ0n) is 15.1. The molecule has 0 aliphatic carbocycles. The van der Waals surface area contributed by atoms with Crippen molar-refractivity contribution >= 4 is 11.6 Å². The Labute approximate surface area is 150 Å². The summed E-state index contributed by atoms with van der Waals surface area (Å²) >= 11 is 0. The molecule has 0 atom stereocenters. The summed E-state index contributed by atoms with van der Waals surface area (Å²) in [6.07, 6.45) is 3.27. The fourth-order valence-corrected chi connectivity index (χ4v) is 2.33. The van der Waals surface area contributed by atoms with E-state index in [-0.39, 0.29) is 5.91 Å². The molecule has 134 valence electrons. The van der Waals surface area contributed by atoms with Crippen molar-refractivity contribution in [3.63, 3.8) is 0 Å². The lowest BCUT2D eigenvalue weighted by molar-refractivity contribution is -0.116. The van der Waals surface area contributed by atoms with Crippen molar-refractivity contribution in [2.45, 2.75) is 39.5 Å². The lowest BCUT2D eigenvalue weighted by Crippen LogP contribution is -2.12. The molecule has 2 aromatic carbocycles. The van der Waals surface area contributed by atoms with Crippen LogP contribution in [0.5, 0.6) is 11.5 Å². The molecule has 0 aliphatic rings. The molecule has 0 saturated heterocycles. The Morgan fingerprint density at radius 2 is 1.68 bits per heavy atom. The zero-order valence-corrected chi connectivity index (χ0v) is 15.1. The predicted molar refractivity (Wildman–Crippen MR) is 101 cm³/mol. The number of rotatable bonds is 10. The standard InChI is InChI=1S/C21H27NO3/c1-3-4-15-24-19-13-11-18(12-14-19)22-21(23)10-7-16-25-20-9-6-5-8-17(20)2/h5-6,8-9,11-14H,3-4,7,10,15-16H2,1-2H3,(H,22,23). The van der Waals surface area contributed by atoms with Gasteiger partial charge in [-0.05, 0) is 55.7 Å². The molecular weight excluding hydrogens is 314 g/mol. The van der Waals surface area contributed by atoms with E-state index in [1.165, 1.54) is 0 Å². The quantitative estimate of drug-likeness (QED) is 0.621. The van der Waals surface area contributed by atoms with Gasteiger partial charge in [-0.25, -0.2) is 0 Å². The lowest BCUT2D eigenvalue weighted by Gasteiger charge is -2.09. The molecule has 25 heavy (non-hydrogen) atoms. The average molecular weight is 341 g/mol. The van der Waals surface area contributed by atoms with E-state index >= 15 is 0 Å². The van der Waals surface area contributed by atoms with Gasteiger partial charge in [-0.15, -0.1) is 0 Å². The van der Waals surface area contributed by atoms with Crippen molar-refractivity contribution in [1.82, 2.24) is 0 Å². The molecular formula is C21H27NO3. The van der Waals surface area contributed by atoms with E-state index in [4.69, 9.17) is 9.47 Å². The van der Waals surface area contributed by atoms with Gasteiger partial charge in [0.15, 0.2) is 0 Å². The molecule has 0 unspecified atom stereocenters. The Kier molecular flexibility index (Phi) is 7.83. The summed E-state index contributed by atoms with van der Waals surface area (Å²) in [7, 11) is 0. The fraction of sp³-hybridized carbons (Fsp3) is 0.381. The molecule has 0 fully saturated rings. The number of hydrogen-bond donors (Lipinski definition) is 1. The van der Waals surface area contributed by atoms with Crippen molar-refractivity contribution in [3.05, 3.63) is 54.1 Å². The fourth-order valence-electron chi connectivity index (χ4n) is 2.33. The Morgan fingerprint density at radius 3 is 2.40 bits per heavy atom. The van der Waals surface area contributed by atoms with Crippen LogP contribution in [0.2, 0.25) is 0 Å². The van der Waals surface area contributed by atoms with Gasteiger partial charge in [0.25, 0.3) is 0 Å². The zero-order chi connectivity index (χ0) is 17.9. The maximum absolute atomic E-state index is 12.0. The van der Waals surface area contributed by atoms with Gasteiger partial charge in [-0.1, -0.05) is 31.5 Å². The smallest absolute Gasteiger partial charge is 0.224 e. The third-order valence-electron chi connectivity index (χ3n) is 3.80. The summed E-state index contributed by atoms with van der Waals surface area (Å²) in [5.74, 6) is 1.70. The molecule has 1 amide bonds. The maximum Gasteiger partial charge on any atom is 0.224 e. The van der Waals surface area contributed by atoms with Crippen molar-refractivity contribution in [2.24, 2.45) is 0 Å². The van der Waals surface area contributed by atoms with Crippen molar-refractivity contribution < 1.29 is 14.3 Å². The number of ether oxygens (including phenoxy) is 2. The Morgan fingerprint density at radius 1 is 0.960 bits per heavy atom.